The average Bonchev–Trinajstić information content (AvgIpc) is 2.32. The summed E-state index contributed by atoms with van der Waals surface area (Å²) in [6, 6.07) is 1.21. The summed E-state index contributed by atoms with van der Waals surface area (Å²) in [6.45, 7) is 4.76. The molecule has 5 heteroatoms. The topological polar surface area (TPSA) is 38.3 Å². The van der Waals surface area contributed by atoms with Crippen molar-refractivity contribution in [3.8, 4) is 0 Å². The van der Waals surface area contributed by atoms with Crippen LogP contribution in [0, 0.1) is 18.6 Å². The van der Waals surface area contributed by atoms with Gasteiger partial charge in [0, 0.05) is 11.6 Å². The molecule has 0 radical (unpaired) electrons. The van der Waals surface area contributed by atoms with E-state index in [1.165, 1.54) is 14.0 Å². The van der Waals surface area contributed by atoms with Crippen molar-refractivity contribution in [3.05, 3.63) is 34.9 Å². The number of benzene rings is 1. The molecule has 18 heavy (non-hydrogen) atoms. The third kappa shape index (κ3) is 3.26. The monoisotopic (exact) mass is 257 g/mol. The fourth-order valence-corrected chi connectivity index (χ4v) is 1.70. The number of carbonyl (C=O) groups excluding carboxylic acids is 1. The number of methoxy groups -OCH3 is 1. The van der Waals surface area contributed by atoms with Gasteiger partial charge in [-0.25, -0.2) is 8.78 Å². The molecule has 0 aliphatic carbocycles. The number of nitrogens with one attached hydrogen (secondary N) is 1. The van der Waals surface area contributed by atoms with Crippen LogP contribution >= 0.6 is 0 Å². The molecule has 0 fully saturated rings. The molecule has 0 aromatic heterocycles. The van der Waals surface area contributed by atoms with E-state index in [1.54, 1.807) is 13.8 Å². The number of ether oxygens (including phenoxy) is 1. The third-order valence-corrected chi connectivity index (χ3v) is 2.80. The van der Waals surface area contributed by atoms with Crippen molar-refractivity contribution in [2.45, 2.75) is 32.9 Å². The number of hydrogen-bond acceptors (Lipinski definition) is 3. The van der Waals surface area contributed by atoms with Crippen LogP contribution in [0.15, 0.2) is 12.1 Å². The minimum Gasteiger partial charge on any atom is -0.468 e. The van der Waals surface area contributed by atoms with Crippen LogP contribution in [0.1, 0.15) is 31.0 Å². The van der Waals surface area contributed by atoms with Crippen LogP contribution in [-0.2, 0) is 9.53 Å². The van der Waals surface area contributed by atoms with Crippen LogP contribution in [0.2, 0.25) is 0 Å². The molecule has 1 unspecified atom stereocenters. The molecule has 0 amide bonds. The summed E-state index contributed by atoms with van der Waals surface area (Å²) in [5, 5.41) is 2.85. The van der Waals surface area contributed by atoms with Gasteiger partial charge in [0.2, 0.25) is 0 Å². The van der Waals surface area contributed by atoms with E-state index < -0.39 is 29.7 Å². The van der Waals surface area contributed by atoms with Crippen LogP contribution in [-0.4, -0.2) is 19.1 Å². The van der Waals surface area contributed by atoms with Gasteiger partial charge in [-0.15, -0.1) is 0 Å². The van der Waals surface area contributed by atoms with Crippen molar-refractivity contribution in [1.29, 1.82) is 0 Å². The fraction of sp³-hybridized carbons (Fsp3) is 0.462. The standard InChI is InChI=1S/C13H17F2NO2/c1-7-5-12(15)10(6-11(7)14)8(2)16-9(3)13(17)18-4/h5-6,8-9,16H,1-4H3/t8?,9-/m0/s1. The summed E-state index contributed by atoms with van der Waals surface area (Å²) in [5.74, 6) is -1.41. The van der Waals surface area contributed by atoms with Crippen molar-refractivity contribution < 1.29 is 18.3 Å². The van der Waals surface area contributed by atoms with Gasteiger partial charge in [0.25, 0.3) is 0 Å². The number of carbonyl (C=O) groups is 1. The first-order chi connectivity index (χ1) is 8.36. The number of halogens is 2. The van der Waals surface area contributed by atoms with Gasteiger partial charge < -0.3 is 4.74 Å². The molecule has 0 bridgehead atoms. The van der Waals surface area contributed by atoms with Gasteiger partial charge >= 0.3 is 5.97 Å². The SMILES string of the molecule is COC(=O)[C@H](C)NC(C)c1cc(F)c(C)cc1F. The van der Waals surface area contributed by atoms with Crippen molar-refractivity contribution in [3.63, 3.8) is 0 Å². The molecule has 1 rings (SSSR count). The summed E-state index contributed by atoms with van der Waals surface area (Å²) in [5.41, 5.74) is 0.443. The maximum absolute atomic E-state index is 13.7. The Morgan fingerprint density at radius 1 is 1.28 bits per heavy atom. The maximum atomic E-state index is 13.7. The third-order valence-electron chi connectivity index (χ3n) is 2.80. The lowest BCUT2D eigenvalue weighted by Crippen LogP contribution is -2.36. The second kappa shape index (κ2) is 5.91. The number of aryl methyl sites for hydroxylation is 1. The molecule has 0 saturated heterocycles. The molecule has 1 N–H and O–H groups in total. The predicted octanol–water partition coefficient (Wildman–Crippen LogP) is 2.49. The second-order valence-electron chi connectivity index (χ2n) is 4.26. The molecule has 0 aliphatic rings. The van der Waals surface area contributed by atoms with Crippen molar-refractivity contribution in [2.24, 2.45) is 0 Å². The first kappa shape index (κ1) is 14.6. The van der Waals surface area contributed by atoms with Gasteiger partial charge in [-0.3, -0.25) is 10.1 Å². The van der Waals surface area contributed by atoms with Gasteiger partial charge in [0.1, 0.15) is 17.7 Å². The Morgan fingerprint density at radius 3 is 2.44 bits per heavy atom. The van der Waals surface area contributed by atoms with Gasteiger partial charge in [0.15, 0.2) is 0 Å². The van der Waals surface area contributed by atoms with Crippen LogP contribution < -0.4 is 5.32 Å². The highest BCUT2D eigenvalue weighted by Gasteiger charge is 2.19. The Morgan fingerprint density at radius 2 is 1.89 bits per heavy atom. The zero-order valence-electron chi connectivity index (χ0n) is 10.9. The van der Waals surface area contributed by atoms with E-state index in [-0.39, 0.29) is 11.1 Å². The lowest BCUT2D eigenvalue weighted by molar-refractivity contribution is -0.142. The number of hydrogen-bond donors (Lipinski definition) is 1. The van der Waals surface area contributed by atoms with E-state index in [1.807, 2.05) is 0 Å². The van der Waals surface area contributed by atoms with Crippen molar-refractivity contribution >= 4 is 5.97 Å². The Labute approximate surface area is 105 Å². The number of rotatable bonds is 4. The summed E-state index contributed by atoms with van der Waals surface area (Å²) in [6.07, 6.45) is 0. The molecule has 0 heterocycles. The second-order valence-corrected chi connectivity index (χ2v) is 4.26. The Hall–Kier alpha value is -1.49. The molecule has 1 aromatic carbocycles. The Bertz CT molecular complexity index is 449. The molecule has 0 aliphatic heterocycles. The fourth-order valence-electron chi connectivity index (χ4n) is 1.70. The highest BCUT2D eigenvalue weighted by Crippen LogP contribution is 2.21. The van der Waals surface area contributed by atoms with Gasteiger partial charge in [-0.1, -0.05) is 0 Å². The average molecular weight is 257 g/mol. The van der Waals surface area contributed by atoms with E-state index in [4.69, 9.17) is 0 Å². The van der Waals surface area contributed by atoms with E-state index in [9.17, 15) is 13.6 Å². The first-order valence-corrected chi connectivity index (χ1v) is 5.66. The summed E-state index contributed by atoms with van der Waals surface area (Å²) < 4.78 is 31.6. The molecule has 0 saturated carbocycles. The molecule has 2 atom stereocenters. The summed E-state index contributed by atoms with van der Waals surface area (Å²) in [4.78, 5) is 11.2. The molecule has 1 aromatic rings. The van der Waals surface area contributed by atoms with Gasteiger partial charge in [-0.2, -0.15) is 0 Å². The van der Waals surface area contributed by atoms with Crippen LogP contribution in [0.3, 0.4) is 0 Å². The van der Waals surface area contributed by atoms with Crippen LogP contribution in [0.5, 0.6) is 0 Å². The molecule has 0 spiro atoms. The first-order valence-electron chi connectivity index (χ1n) is 5.66. The van der Waals surface area contributed by atoms with Crippen molar-refractivity contribution in [1.82, 2.24) is 5.32 Å². The highest BCUT2D eigenvalue weighted by molar-refractivity contribution is 5.75. The molecule has 3 nitrogen and oxygen atoms in total. The molecule has 100 valence electrons. The molecular formula is C13H17F2NO2. The van der Waals surface area contributed by atoms with Gasteiger partial charge in [0.05, 0.1) is 7.11 Å². The van der Waals surface area contributed by atoms with Crippen LogP contribution in [0.4, 0.5) is 8.78 Å². The highest BCUT2D eigenvalue weighted by atomic mass is 19.1. The quantitative estimate of drug-likeness (QED) is 0.842. The van der Waals surface area contributed by atoms with E-state index in [2.05, 4.69) is 10.1 Å². The normalized spacial score (nSPS) is 14.1. The minimum atomic E-state index is -0.589. The number of esters is 1. The summed E-state index contributed by atoms with van der Waals surface area (Å²) >= 11 is 0. The van der Waals surface area contributed by atoms with Crippen LogP contribution in [0.25, 0.3) is 0 Å². The summed E-state index contributed by atoms with van der Waals surface area (Å²) in [7, 11) is 1.28. The Balaban J connectivity index is 2.87. The minimum absolute atomic E-state index is 0.189. The van der Waals surface area contributed by atoms with Gasteiger partial charge in [-0.05, 0) is 38.5 Å². The van der Waals surface area contributed by atoms with Crippen molar-refractivity contribution in [2.75, 3.05) is 7.11 Å². The zero-order valence-corrected chi connectivity index (χ0v) is 10.9. The lowest BCUT2D eigenvalue weighted by atomic mass is 10.0. The predicted molar refractivity (Wildman–Crippen MR) is 64.1 cm³/mol. The molecular weight excluding hydrogens is 240 g/mol. The Kier molecular flexibility index (Phi) is 4.78. The van der Waals surface area contributed by atoms with E-state index in [0.29, 0.717) is 0 Å². The lowest BCUT2D eigenvalue weighted by Gasteiger charge is -2.19. The van der Waals surface area contributed by atoms with E-state index in [0.717, 1.165) is 12.1 Å². The smallest absolute Gasteiger partial charge is 0.322 e. The maximum Gasteiger partial charge on any atom is 0.322 e. The largest absolute Gasteiger partial charge is 0.468 e. The zero-order chi connectivity index (χ0) is 13.9. The van der Waals surface area contributed by atoms with E-state index >= 15 is 0 Å².